The minimum Gasteiger partial charge on any atom is -0.366 e. The van der Waals surface area contributed by atoms with E-state index in [9.17, 15) is 4.79 Å². The lowest BCUT2D eigenvalue weighted by Crippen LogP contribution is -2.42. The molecule has 2 N–H and O–H groups in total. The molecule has 1 fully saturated rings. The minimum absolute atomic E-state index is 0.00191. The average molecular weight is 526 g/mol. The molecule has 7 heteroatoms. The van der Waals surface area contributed by atoms with Crippen LogP contribution in [0.5, 0.6) is 0 Å². The summed E-state index contributed by atoms with van der Waals surface area (Å²) in [6, 6.07) is 18.6. The van der Waals surface area contributed by atoms with Crippen LogP contribution in [0.4, 0.5) is 17.1 Å². The standard InChI is InChI=1S/C31H35N5OS/c1-7-27(37)33-24-13-12-22(16-19(24)2)36-29(28(34-30(36)38)25-10-8-9-15-32-25)21-11-14-26-23(17-21)20(3)18-31(4,5)35(26)6/h8-18,28-29H,7H2,1-6H3,(H,33,37)(H,34,38)/t28-,29-/m1/s1. The van der Waals surface area contributed by atoms with Crippen LogP contribution in [-0.4, -0.2) is 28.6 Å². The van der Waals surface area contributed by atoms with E-state index in [2.05, 4.69) is 78.6 Å². The molecule has 1 saturated heterocycles. The number of likely N-dealkylation sites (N-methyl/N-ethyl adjacent to an activating group) is 1. The molecule has 0 spiro atoms. The molecule has 5 rings (SSSR count). The summed E-state index contributed by atoms with van der Waals surface area (Å²) >= 11 is 5.93. The Morgan fingerprint density at radius 3 is 2.61 bits per heavy atom. The average Bonchev–Trinajstić information content (AvgIpc) is 3.25. The van der Waals surface area contributed by atoms with Gasteiger partial charge in [-0.1, -0.05) is 25.1 Å². The number of hydrogen-bond donors (Lipinski definition) is 2. The zero-order valence-electron chi connectivity index (χ0n) is 22.9. The molecule has 0 radical (unpaired) electrons. The number of pyridine rings is 1. The second kappa shape index (κ2) is 9.87. The third-order valence-electron chi connectivity index (χ3n) is 7.76. The molecule has 2 aliphatic rings. The van der Waals surface area contributed by atoms with E-state index in [0.717, 1.165) is 28.2 Å². The number of aryl methyl sites for hydroxylation is 1. The van der Waals surface area contributed by atoms with Crippen molar-refractivity contribution in [3.63, 3.8) is 0 Å². The van der Waals surface area contributed by atoms with E-state index < -0.39 is 0 Å². The normalized spacial score (nSPS) is 20.1. The van der Waals surface area contributed by atoms with Gasteiger partial charge >= 0.3 is 0 Å². The van der Waals surface area contributed by atoms with Gasteiger partial charge in [0.05, 0.1) is 23.3 Å². The lowest BCUT2D eigenvalue weighted by molar-refractivity contribution is -0.115. The van der Waals surface area contributed by atoms with Gasteiger partial charge in [-0.05, 0) is 99.1 Å². The predicted octanol–water partition coefficient (Wildman–Crippen LogP) is 6.55. The number of rotatable bonds is 5. The van der Waals surface area contributed by atoms with Crippen LogP contribution in [-0.2, 0) is 4.79 Å². The maximum Gasteiger partial charge on any atom is 0.224 e. The minimum atomic E-state index is -0.122. The summed E-state index contributed by atoms with van der Waals surface area (Å²) in [5.41, 5.74) is 8.55. The van der Waals surface area contributed by atoms with E-state index in [0.29, 0.717) is 11.5 Å². The molecule has 2 aromatic carbocycles. The van der Waals surface area contributed by atoms with Gasteiger partial charge < -0.3 is 20.4 Å². The molecule has 38 heavy (non-hydrogen) atoms. The molecule has 3 heterocycles. The van der Waals surface area contributed by atoms with Crippen LogP contribution in [0.1, 0.15) is 68.6 Å². The van der Waals surface area contributed by atoms with E-state index in [-0.39, 0.29) is 23.5 Å². The first-order chi connectivity index (χ1) is 18.1. The number of hydrogen-bond acceptors (Lipinski definition) is 4. The van der Waals surface area contributed by atoms with Crippen LogP contribution in [0.3, 0.4) is 0 Å². The summed E-state index contributed by atoms with van der Waals surface area (Å²) in [6.45, 7) is 10.5. The van der Waals surface area contributed by atoms with Crippen molar-refractivity contribution in [3.8, 4) is 0 Å². The largest absolute Gasteiger partial charge is 0.366 e. The van der Waals surface area contributed by atoms with Gasteiger partial charge in [0, 0.05) is 42.3 Å². The van der Waals surface area contributed by atoms with Gasteiger partial charge in [0.25, 0.3) is 0 Å². The molecule has 3 aromatic rings. The van der Waals surface area contributed by atoms with Gasteiger partial charge in [0.15, 0.2) is 5.11 Å². The lowest BCUT2D eigenvalue weighted by atomic mass is 9.86. The number of nitrogens with zero attached hydrogens (tertiary/aromatic N) is 3. The Morgan fingerprint density at radius 1 is 1.13 bits per heavy atom. The van der Waals surface area contributed by atoms with Crippen molar-refractivity contribution in [2.75, 3.05) is 22.2 Å². The van der Waals surface area contributed by atoms with Crippen molar-refractivity contribution in [3.05, 3.63) is 89.3 Å². The van der Waals surface area contributed by atoms with E-state index in [4.69, 9.17) is 17.2 Å². The molecule has 0 saturated carbocycles. The number of carbonyl (C=O) groups excluding carboxylic acids is 1. The van der Waals surface area contributed by atoms with Gasteiger partial charge in [0.1, 0.15) is 0 Å². The summed E-state index contributed by atoms with van der Waals surface area (Å²) < 4.78 is 0. The number of amides is 1. The number of nitrogens with one attached hydrogen (secondary N) is 2. The summed E-state index contributed by atoms with van der Waals surface area (Å²) in [5.74, 6) is -0.00191. The molecule has 1 amide bonds. The fourth-order valence-corrected chi connectivity index (χ4v) is 5.86. The Hall–Kier alpha value is -3.71. The number of aromatic nitrogens is 1. The van der Waals surface area contributed by atoms with Gasteiger partial charge in [-0.3, -0.25) is 9.78 Å². The highest BCUT2D eigenvalue weighted by Crippen LogP contribution is 2.45. The Labute approximate surface area is 230 Å². The zero-order chi connectivity index (χ0) is 27.2. The SMILES string of the molecule is CCC(=O)Nc1ccc(N2C(=S)N[C@H](c3ccccn3)[C@H]2c2ccc3c(c2)C(C)=CC(C)(C)N3C)cc1C. The predicted molar refractivity (Wildman–Crippen MR) is 161 cm³/mol. The highest BCUT2D eigenvalue weighted by molar-refractivity contribution is 7.80. The lowest BCUT2D eigenvalue weighted by Gasteiger charge is -2.41. The van der Waals surface area contributed by atoms with Crippen LogP contribution in [0.25, 0.3) is 5.57 Å². The second-order valence-electron chi connectivity index (χ2n) is 10.7. The van der Waals surface area contributed by atoms with Crippen LogP contribution in [0, 0.1) is 6.92 Å². The third-order valence-corrected chi connectivity index (χ3v) is 8.08. The van der Waals surface area contributed by atoms with E-state index >= 15 is 0 Å². The van der Waals surface area contributed by atoms with Gasteiger partial charge in [-0.2, -0.15) is 0 Å². The van der Waals surface area contributed by atoms with Crippen LogP contribution in [0.2, 0.25) is 0 Å². The maximum atomic E-state index is 12.0. The quantitative estimate of drug-likeness (QED) is 0.369. The van der Waals surface area contributed by atoms with Gasteiger partial charge in [-0.25, -0.2) is 0 Å². The molecule has 2 aliphatic heterocycles. The van der Waals surface area contributed by atoms with Crippen molar-refractivity contribution in [2.24, 2.45) is 0 Å². The fourth-order valence-electron chi connectivity index (χ4n) is 5.51. The van der Waals surface area contributed by atoms with Crippen LogP contribution in [0.15, 0.2) is 66.9 Å². The number of fused-ring (bicyclic) bond motifs is 1. The summed E-state index contributed by atoms with van der Waals surface area (Å²) in [5, 5.41) is 7.20. The van der Waals surface area contributed by atoms with Crippen molar-refractivity contribution in [2.45, 2.75) is 58.7 Å². The maximum absolute atomic E-state index is 12.0. The number of thiocarbonyl (C=S) groups is 1. The number of benzene rings is 2. The van der Waals surface area contributed by atoms with Gasteiger partial charge in [-0.15, -0.1) is 0 Å². The van der Waals surface area contributed by atoms with Crippen molar-refractivity contribution in [1.29, 1.82) is 0 Å². The van der Waals surface area contributed by atoms with E-state index in [1.807, 2.05) is 50.4 Å². The molecule has 6 nitrogen and oxygen atoms in total. The molecule has 0 aliphatic carbocycles. The molecular weight excluding hydrogens is 490 g/mol. The molecular formula is C31H35N5OS. The molecule has 196 valence electrons. The first-order valence-electron chi connectivity index (χ1n) is 13.1. The van der Waals surface area contributed by atoms with Crippen molar-refractivity contribution in [1.82, 2.24) is 10.3 Å². The molecule has 0 bridgehead atoms. The molecule has 0 unspecified atom stereocenters. The second-order valence-corrected chi connectivity index (χ2v) is 11.1. The van der Waals surface area contributed by atoms with E-state index in [1.165, 1.54) is 16.8 Å². The smallest absolute Gasteiger partial charge is 0.224 e. The third kappa shape index (κ3) is 4.56. The van der Waals surface area contributed by atoms with Crippen LogP contribution < -0.4 is 20.4 Å². The highest BCUT2D eigenvalue weighted by atomic mass is 32.1. The van der Waals surface area contributed by atoms with E-state index in [1.54, 1.807) is 0 Å². The number of anilines is 3. The fraction of sp³-hybridized carbons (Fsp3) is 0.323. The topological polar surface area (TPSA) is 60.5 Å². The Bertz CT molecular complexity index is 1430. The summed E-state index contributed by atoms with van der Waals surface area (Å²) in [7, 11) is 2.15. The summed E-state index contributed by atoms with van der Waals surface area (Å²) in [4.78, 5) is 21.2. The first-order valence-corrected chi connectivity index (χ1v) is 13.5. The highest BCUT2D eigenvalue weighted by Gasteiger charge is 2.41. The zero-order valence-corrected chi connectivity index (χ0v) is 23.7. The number of carbonyl (C=O) groups is 1. The van der Waals surface area contributed by atoms with Crippen LogP contribution >= 0.6 is 12.2 Å². The monoisotopic (exact) mass is 525 g/mol. The molecule has 1 aromatic heterocycles. The van der Waals surface area contributed by atoms with Crippen molar-refractivity contribution < 1.29 is 4.79 Å². The van der Waals surface area contributed by atoms with Gasteiger partial charge in [0.2, 0.25) is 5.91 Å². The van der Waals surface area contributed by atoms with Crippen molar-refractivity contribution >= 4 is 45.9 Å². The molecule has 2 atom stereocenters. The Morgan fingerprint density at radius 2 is 1.92 bits per heavy atom. The Kier molecular flexibility index (Phi) is 6.73. The summed E-state index contributed by atoms with van der Waals surface area (Å²) in [6.07, 6.45) is 4.59. The number of allylic oxidation sites excluding steroid dienone is 1. The Balaban J connectivity index is 1.61. The first kappa shape index (κ1) is 25.9.